The fraction of sp³-hybridized carbons (Fsp3) is 0.278. The first-order chi connectivity index (χ1) is 11.7. The van der Waals surface area contributed by atoms with E-state index in [0.29, 0.717) is 42.0 Å². The number of carbonyl (C=O) groups is 1. The zero-order valence-electron chi connectivity index (χ0n) is 13.5. The van der Waals surface area contributed by atoms with Crippen LogP contribution in [0.3, 0.4) is 0 Å². The number of para-hydroxylation sites is 1. The summed E-state index contributed by atoms with van der Waals surface area (Å²) in [6, 6.07) is 14.2. The number of benzene rings is 2. The van der Waals surface area contributed by atoms with Crippen molar-refractivity contribution in [3.63, 3.8) is 0 Å². The quantitative estimate of drug-likeness (QED) is 0.700. The molecule has 6 heteroatoms. The number of halogens is 1. The van der Waals surface area contributed by atoms with E-state index in [1.54, 1.807) is 42.5 Å². The highest BCUT2D eigenvalue weighted by molar-refractivity contribution is 6.32. The monoisotopic (exact) mass is 349 g/mol. The molecule has 0 atom stereocenters. The molecule has 24 heavy (non-hydrogen) atoms. The molecule has 0 unspecified atom stereocenters. The fourth-order valence-electron chi connectivity index (χ4n) is 1.93. The average Bonchev–Trinajstić information content (AvgIpc) is 2.58. The summed E-state index contributed by atoms with van der Waals surface area (Å²) in [5, 5.41) is 3.22. The lowest BCUT2D eigenvalue weighted by Crippen LogP contribution is -2.20. The third-order valence-corrected chi connectivity index (χ3v) is 3.33. The van der Waals surface area contributed by atoms with Crippen LogP contribution in [-0.2, 0) is 9.53 Å². The summed E-state index contributed by atoms with van der Waals surface area (Å²) < 4.78 is 16.2. The highest BCUT2D eigenvalue weighted by Gasteiger charge is 2.06. The number of anilines is 1. The molecule has 0 bridgehead atoms. The normalized spacial score (nSPS) is 10.2. The third kappa shape index (κ3) is 6.10. The van der Waals surface area contributed by atoms with Gasteiger partial charge in [0, 0.05) is 18.4 Å². The smallest absolute Gasteiger partial charge is 0.262 e. The van der Waals surface area contributed by atoms with Gasteiger partial charge < -0.3 is 19.5 Å². The predicted molar refractivity (Wildman–Crippen MR) is 94.0 cm³/mol. The van der Waals surface area contributed by atoms with Gasteiger partial charge in [0.1, 0.15) is 18.1 Å². The van der Waals surface area contributed by atoms with Crippen molar-refractivity contribution < 1.29 is 19.0 Å². The van der Waals surface area contributed by atoms with Crippen LogP contribution in [0.5, 0.6) is 11.5 Å². The molecule has 0 spiro atoms. The van der Waals surface area contributed by atoms with E-state index < -0.39 is 0 Å². The van der Waals surface area contributed by atoms with Crippen LogP contribution in [0.15, 0.2) is 48.5 Å². The van der Waals surface area contributed by atoms with E-state index in [1.807, 2.05) is 13.0 Å². The second-order valence-electron chi connectivity index (χ2n) is 4.84. The van der Waals surface area contributed by atoms with Crippen molar-refractivity contribution in [1.29, 1.82) is 0 Å². The van der Waals surface area contributed by atoms with Gasteiger partial charge in [-0.3, -0.25) is 4.79 Å². The van der Waals surface area contributed by atoms with Gasteiger partial charge in [0.15, 0.2) is 6.61 Å². The van der Waals surface area contributed by atoms with Crippen molar-refractivity contribution in [2.75, 3.05) is 31.7 Å². The maximum atomic E-state index is 12.0. The first-order valence-corrected chi connectivity index (χ1v) is 8.04. The minimum atomic E-state index is -0.276. The Labute approximate surface area is 146 Å². The van der Waals surface area contributed by atoms with Crippen molar-refractivity contribution >= 4 is 23.2 Å². The van der Waals surface area contributed by atoms with Crippen LogP contribution in [-0.4, -0.2) is 32.3 Å². The van der Waals surface area contributed by atoms with Crippen LogP contribution < -0.4 is 14.8 Å². The molecule has 0 aliphatic rings. The van der Waals surface area contributed by atoms with Gasteiger partial charge in [-0.1, -0.05) is 29.8 Å². The van der Waals surface area contributed by atoms with Crippen LogP contribution >= 0.6 is 11.6 Å². The van der Waals surface area contributed by atoms with E-state index in [-0.39, 0.29) is 12.5 Å². The van der Waals surface area contributed by atoms with E-state index >= 15 is 0 Å². The van der Waals surface area contributed by atoms with Gasteiger partial charge in [0.25, 0.3) is 5.91 Å². The highest BCUT2D eigenvalue weighted by atomic mass is 35.5. The SMILES string of the molecule is CCOCCOc1cccc(NC(=O)COc2ccccc2Cl)c1. The Bertz CT molecular complexity index is 663. The Hall–Kier alpha value is -2.24. The lowest BCUT2D eigenvalue weighted by atomic mass is 10.3. The van der Waals surface area contributed by atoms with Crippen LogP contribution in [0, 0.1) is 0 Å². The molecule has 0 fully saturated rings. The third-order valence-electron chi connectivity index (χ3n) is 3.01. The first-order valence-electron chi connectivity index (χ1n) is 7.67. The summed E-state index contributed by atoms with van der Waals surface area (Å²) in [5.74, 6) is 0.864. The molecule has 5 nitrogen and oxygen atoms in total. The van der Waals surface area contributed by atoms with E-state index in [4.69, 9.17) is 25.8 Å². The average molecular weight is 350 g/mol. The minimum absolute atomic E-state index is 0.126. The molecule has 0 heterocycles. The number of nitrogens with one attached hydrogen (secondary N) is 1. The summed E-state index contributed by atoms with van der Waals surface area (Å²) in [7, 11) is 0. The van der Waals surface area contributed by atoms with Gasteiger partial charge in [-0.25, -0.2) is 0 Å². The second kappa shape index (κ2) is 9.80. The Balaban J connectivity index is 1.82. The Morgan fingerprint density at radius 2 is 1.92 bits per heavy atom. The molecule has 1 N–H and O–H groups in total. The molecule has 0 saturated carbocycles. The summed E-state index contributed by atoms with van der Waals surface area (Å²) in [4.78, 5) is 12.0. The van der Waals surface area contributed by atoms with Gasteiger partial charge in [-0.15, -0.1) is 0 Å². The predicted octanol–water partition coefficient (Wildman–Crippen LogP) is 3.77. The molecule has 0 radical (unpaired) electrons. The van der Waals surface area contributed by atoms with Crippen molar-refractivity contribution in [3.8, 4) is 11.5 Å². The molecule has 0 saturated heterocycles. The number of hydrogen-bond donors (Lipinski definition) is 1. The van der Waals surface area contributed by atoms with Crippen molar-refractivity contribution in [2.24, 2.45) is 0 Å². The van der Waals surface area contributed by atoms with Gasteiger partial charge in [0.2, 0.25) is 0 Å². The Morgan fingerprint density at radius 1 is 1.08 bits per heavy atom. The summed E-state index contributed by atoms with van der Waals surface area (Å²) >= 11 is 5.98. The number of rotatable bonds is 9. The second-order valence-corrected chi connectivity index (χ2v) is 5.25. The zero-order valence-corrected chi connectivity index (χ0v) is 14.2. The number of carbonyl (C=O) groups excluding carboxylic acids is 1. The number of amides is 1. The fourth-order valence-corrected chi connectivity index (χ4v) is 2.12. The molecule has 0 aromatic heterocycles. The van der Waals surface area contributed by atoms with Crippen molar-refractivity contribution in [2.45, 2.75) is 6.92 Å². The van der Waals surface area contributed by atoms with E-state index in [0.717, 1.165) is 0 Å². The van der Waals surface area contributed by atoms with Crippen LogP contribution in [0.2, 0.25) is 5.02 Å². The van der Waals surface area contributed by atoms with Crippen LogP contribution in [0.25, 0.3) is 0 Å². The van der Waals surface area contributed by atoms with E-state index in [1.165, 1.54) is 0 Å². The zero-order chi connectivity index (χ0) is 17.2. The van der Waals surface area contributed by atoms with Crippen LogP contribution in [0.1, 0.15) is 6.92 Å². The standard InChI is InChI=1S/C18H20ClNO4/c1-2-22-10-11-23-15-7-5-6-14(12-15)20-18(21)13-24-17-9-4-3-8-16(17)19/h3-9,12H,2,10-11,13H2,1H3,(H,20,21). The Kier molecular flexibility index (Phi) is 7.39. The highest BCUT2D eigenvalue weighted by Crippen LogP contribution is 2.23. The van der Waals surface area contributed by atoms with Gasteiger partial charge in [-0.05, 0) is 31.2 Å². The molecule has 2 aromatic rings. The summed E-state index contributed by atoms with van der Waals surface area (Å²) in [5.41, 5.74) is 0.636. The van der Waals surface area contributed by atoms with Crippen molar-refractivity contribution in [3.05, 3.63) is 53.6 Å². The largest absolute Gasteiger partial charge is 0.491 e. The summed E-state index contributed by atoms with van der Waals surface area (Å²) in [6.45, 7) is 3.45. The molecule has 0 aliphatic carbocycles. The first kappa shape index (κ1) is 18.1. The Morgan fingerprint density at radius 3 is 2.71 bits per heavy atom. The molecule has 2 rings (SSSR count). The van der Waals surface area contributed by atoms with E-state index in [2.05, 4.69) is 5.32 Å². The van der Waals surface area contributed by atoms with Gasteiger partial charge in [0.05, 0.1) is 11.6 Å². The van der Waals surface area contributed by atoms with Gasteiger partial charge in [-0.2, -0.15) is 0 Å². The number of ether oxygens (including phenoxy) is 3. The maximum Gasteiger partial charge on any atom is 0.262 e. The lowest BCUT2D eigenvalue weighted by molar-refractivity contribution is -0.118. The van der Waals surface area contributed by atoms with E-state index in [9.17, 15) is 4.79 Å². The van der Waals surface area contributed by atoms with Crippen LogP contribution in [0.4, 0.5) is 5.69 Å². The minimum Gasteiger partial charge on any atom is -0.491 e. The molecule has 2 aromatic carbocycles. The topological polar surface area (TPSA) is 56.8 Å². The maximum absolute atomic E-state index is 12.0. The molecular weight excluding hydrogens is 330 g/mol. The number of hydrogen-bond acceptors (Lipinski definition) is 4. The molecule has 0 aliphatic heterocycles. The van der Waals surface area contributed by atoms with Gasteiger partial charge >= 0.3 is 0 Å². The van der Waals surface area contributed by atoms with Crippen molar-refractivity contribution in [1.82, 2.24) is 0 Å². The summed E-state index contributed by atoms with van der Waals surface area (Å²) in [6.07, 6.45) is 0. The lowest BCUT2D eigenvalue weighted by Gasteiger charge is -2.10. The molecule has 128 valence electrons. The molecular formula is C18H20ClNO4. The molecule has 1 amide bonds.